The zero-order chi connectivity index (χ0) is 14.6. The zero-order valence-electron chi connectivity index (χ0n) is 12.1. The van der Waals surface area contributed by atoms with E-state index in [2.05, 4.69) is 13.8 Å². The number of aliphatic carboxylic acids is 1. The molecule has 18 heavy (non-hydrogen) atoms. The molecule has 0 bridgehead atoms. The Bertz CT molecular complexity index is 257. The number of ether oxygens (including phenoxy) is 1. The molecule has 0 aliphatic rings. The summed E-state index contributed by atoms with van der Waals surface area (Å²) in [6, 6.07) is 0. The summed E-state index contributed by atoms with van der Waals surface area (Å²) in [5, 5.41) is 8.08. The van der Waals surface area contributed by atoms with Crippen LogP contribution in [0.25, 0.3) is 0 Å². The van der Waals surface area contributed by atoms with Gasteiger partial charge >= 0.3 is 11.9 Å². The predicted octanol–water partition coefficient (Wildman–Crippen LogP) is 3.27. The Balaban J connectivity index is 0. The van der Waals surface area contributed by atoms with Crippen molar-refractivity contribution in [3.8, 4) is 0 Å². The summed E-state index contributed by atoms with van der Waals surface area (Å²) in [7, 11) is 0. The molecule has 0 aromatic carbocycles. The minimum absolute atomic E-state index is 0.243. The standard InChI is InChI=1S/C9H16O2.C5H10O2/c1-4-6-9(10)11-7-8(3)5-2;1-4(2)3-5(6)7/h4,6,8H,5,7H2,1-3H3;4H,3H2,1-2H3,(H,6,7). The molecule has 0 spiro atoms. The van der Waals surface area contributed by atoms with E-state index in [4.69, 9.17) is 9.84 Å². The Morgan fingerprint density at radius 2 is 1.83 bits per heavy atom. The van der Waals surface area contributed by atoms with Gasteiger partial charge in [-0.2, -0.15) is 0 Å². The Morgan fingerprint density at radius 1 is 1.28 bits per heavy atom. The highest BCUT2D eigenvalue weighted by atomic mass is 16.5. The highest BCUT2D eigenvalue weighted by Crippen LogP contribution is 2.00. The smallest absolute Gasteiger partial charge is 0.330 e. The maximum absolute atomic E-state index is 10.8. The number of esters is 1. The SMILES string of the molecule is CC(C)CC(=O)O.CC=CC(=O)OCC(C)CC. The van der Waals surface area contributed by atoms with E-state index in [0.29, 0.717) is 12.5 Å². The van der Waals surface area contributed by atoms with Gasteiger partial charge in [-0.15, -0.1) is 0 Å². The van der Waals surface area contributed by atoms with Gasteiger partial charge < -0.3 is 9.84 Å². The van der Waals surface area contributed by atoms with Gasteiger partial charge in [0.2, 0.25) is 0 Å². The fourth-order valence-electron chi connectivity index (χ4n) is 0.876. The maximum Gasteiger partial charge on any atom is 0.330 e. The molecular formula is C14H26O4. The molecule has 0 aliphatic carbocycles. The van der Waals surface area contributed by atoms with E-state index in [1.807, 2.05) is 13.8 Å². The van der Waals surface area contributed by atoms with Crippen LogP contribution in [0.1, 0.15) is 47.5 Å². The molecule has 1 N–H and O–H groups in total. The topological polar surface area (TPSA) is 63.6 Å². The van der Waals surface area contributed by atoms with Crippen molar-refractivity contribution in [2.45, 2.75) is 47.5 Å². The van der Waals surface area contributed by atoms with Crippen molar-refractivity contribution in [3.05, 3.63) is 12.2 Å². The van der Waals surface area contributed by atoms with Gasteiger partial charge in [-0.3, -0.25) is 4.79 Å². The van der Waals surface area contributed by atoms with Crippen LogP contribution >= 0.6 is 0 Å². The van der Waals surface area contributed by atoms with Gasteiger partial charge in [-0.1, -0.05) is 40.2 Å². The van der Waals surface area contributed by atoms with E-state index in [1.54, 1.807) is 13.0 Å². The lowest BCUT2D eigenvalue weighted by molar-refractivity contribution is -0.139. The van der Waals surface area contributed by atoms with Crippen LogP contribution < -0.4 is 0 Å². The molecule has 0 aromatic heterocycles. The Kier molecular flexibility index (Phi) is 12.8. The lowest BCUT2D eigenvalue weighted by atomic mass is 10.1. The second-order valence-electron chi connectivity index (χ2n) is 4.64. The van der Waals surface area contributed by atoms with Crippen LogP contribution in [0.5, 0.6) is 0 Å². The number of hydrogen-bond acceptors (Lipinski definition) is 3. The Labute approximate surface area is 110 Å². The molecule has 1 unspecified atom stereocenters. The van der Waals surface area contributed by atoms with E-state index in [0.717, 1.165) is 6.42 Å². The molecule has 106 valence electrons. The van der Waals surface area contributed by atoms with Gasteiger partial charge in [0.05, 0.1) is 6.61 Å². The van der Waals surface area contributed by atoms with Crippen molar-refractivity contribution in [2.24, 2.45) is 11.8 Å². The number of carbonyl (C=O) groups excluding carboxylic acids is 1. The fraction of sp³-hybridized carbons (Fsp3) is 0.714. The van der Waals surface area contributed by atoms with Crippen LogP contribution in [0.15, 0.2) is 12.2 Å². The summed E-state index contributed by atoms with van der Waals surface area (Å²) >= 11 is 0. The number of rotatable bonds is 6. The average molecular weight is 258 g/mol. The third kappa shape index (κ3) is 17.1. The van der Waals surface area contributed by atoms with Gasteiger partial charge in [-0.05, 0) is 18.8 Å². The summed E-state index contributed by atoms with van der Waals surface area (Å²) < 4.78 is 4.91. The van der Waals surface area contributed by atoms with Crippen LogP contribution in [0.2, 0.25) is 0 Å². The molecule has 4 nitrogen and oxygen atoms in total. The third-order valence-corrected chi connectivity index (χ3v) is 2.09. The summed E-state index contributed by atoms with van der Waals surface area (Å²) in [5.41, 5.74) is 0. The van der Waals surface area contributed by atoms with Crippen molar-refractivity contribution in [2.75, 3.05) is 6.61 Å². The molecule has 0 saturated carbocycles. The first-order valence-electron chi connectivity index (χ1n) is 6.34. The summed E-state index contributed by atoms with van der Waals surface area (Å²) in [6.45, 7) is 10.2. The molecule has 0 aromatic rings. The molecule has 0 heterocycles. The predicted molar refractivity (Wildman–Crippen MR) is 72.3 cm³/mol. The molecule has 0 amide bonds. The van der Waals surface area contributed by atoms with Crippen molar-refractivity contribution in [1.29, 1.82) is 0 Å². The number of allylic oxidation sites excluding steroid dienone is 1. The lowest BCUT2D eigenvalue weighted by Crippen LogP contribution is -2.08. The summed E-state index contributed by atoms with van der Waals surface area (Å²) in [5.74, 6) is -0.218. The van der Waals surface area contributed by atoms with Crippen molar-refractivity contribution >= 4 is 11.9 Å². The monoisotopic (exact) mass is 258 g/mol. The summed E-state index contributed by atoms with van der Waals surface area (Å²) in [6.07, 6.45) is 4.43. The molecule has 0 aliphatic heterocycles. The van der Waals surface area contributed by atoms with Gasteiger partial charge in [-0.25, -0.2) is 4.79 Å². The first-order chi connectivity index (χ1) is 8.33. The molecule has 0 fully saturated rings. The van der Waals surface area contributed by atoms with E-state index in [1.165, 1.54) is 6.08 Å². The van der Waals surface area contributed by atoms with Crippen molar-refractivity contribution < 1.29 is 19.4 Å². The number of carboxylic acid groups (broad SMARTS) is 1. The van der Waals surface area contributed by atoms with Crippen molar-refractivity contribution in [1.82, 2.24) is 0 Å². The normalized spacial score (nSPS) is 11.9. The maximum atomic E-state index is 10.8. The van der Waals surface area contributed by atoms with Crippen LogP contribution in [-0.4, -0.2) is 23.7 Å². The van der Waals surface area contributed by atoms with Crippen LogP contribution in [-0.2, 0) is 14.3 Å². The zero-order valence-corrected chi connectivity index (χ0v) is 12.1. The molecule has 4 heteroatoms. The fourth-order valence-corrected chi connectivity index (χ4v) is 0.876. The van der Waals surface area contributed by atoms with Crippen molar-refractivity contribution in [3.63, 3.8) is 0 Å². The second-order valence-corrected chi connectivity index (χ2v) is 4.64. The Hall–Kier alpha value is -1.32. The van der Waals surface area contributed by atoms with E-state index in [-0.39, 0.29) is 18.3 Å². The van der Waals surface area contributed by atoms with Gasteiger partial charge in [0.25, 0.3) is 0 Å². The summed E-state index contributed by atoms with van der Waals surface area (Å²) in [4.78, 5) is 20.6. The minimum atomic E-state index is -0.713. The van der Waals surface area contributed by atoms with E-state index >= 15 is 0 Å². The van der Waals surface area contributed by atoms with Crippen LogP contribution in [0.3, 0.4) is 0 Å². The molecular weight excluding hydrogens is 232 g/mol. The number of hydrogen-bond donors (Lipinski definition) is 1. The van der Waals surface area contributed by atoms with Gasteiger partial charge in [0.15, 0.2) is 0 Å². The van der Waals surface area contributed by atoms with Gasteiger partial charge in [0, 0.05) is 12.5 Å². The van der Waals surface area contributed by atoms with Crippen LogP contribution in [0, 0.1) is 11.8 Å². The average Bonchev–Trinajstić information content (AvgIpc) is 2.25. The molecule has 1 atom stereocenters. The highest BCUT2D eigenvalue weighted by molar-refractivity contribution is 5.81. The quantitative estimate of drug-likeness (QED) is 0.586. The van der Waals surface area contributed by atoms with E-state index in [9.17, 15) is 9.59 Å². The highest BCUT2D eigenvalue weighted by Gasteiger charge is 2.01. The van der Waals surface area contributed by atoms with Crippen LogP contribution in [0.4, 0.5) is 0 Å². The molecule has 0 rings (SSSR count). The second kappa shape index (κ2) is 12.1. The van der Waals surface area contributed by atoms with E-state index < -0.39 is 5.97 Å². The first kappa shape index (κ1) is 19.0. The van der Waals surface area contributed by atoms with Gasteiger partial charge in [0.1, 0.15) is 0 Å². The minimum Gasteiger partial charge on any atom is -0.481 e. The third-order valence-electron chi connectivity index (χ3n) is 2.09. The number of carboxylic acids is 1. The lowest BCUT2D eigenvalue weighted by Gasteiger charge is -2.06. The Morgan fingerprint density at radius 3 is 2.11 bits per heavy atom. The first-order valence-corrected chi connectivity index (χ1v) is 6.34. The number of carbonyl (C=O) groups is 2. The molecule has 0 saturated heterocycles. The molecule has 0 radical (unpaired) electrons. The largest absolute Gasteiger partial charge is 0.481 e.